The monoisotopic (exact) mass is 622 g/mol. The summed E-state index contributed by atoms with van der Waals surface area (Å²) in [5.74, 6) is 0.948. The Bertz CT molecular complexity index is 1970. The summed E-state index contributed by atoms with van der Waals surface area (Å²) >= 11 is 3.67. The number of imidazole rings is 1. The molecule has 0 spiro atoms. The van der Waals surface area contributed by atoms with Crippen LogP contribution in [0.15, 0.2) is 120 Å². The SMILES string of the molecule is Cc1ccc(-c2nc(-c3ccc4c(c3)N3Cc5ccc(Br)cc5N(C4)C3)n(-c3ccccc3)c2-c2ccc(C)cc2)cc1. The van der Waals surface area contributed by atoms with E-state index < -0.39 is 0 Å². The van der Waals surface area contributed by atoms with Gasteiger partial charge in [0, 0.05) is 51.3 Å². The molecule has 1 aromatic heterocycles. The van der Waals surface area contributed by atoms with E-state index in [1.54, 1.807) is 0 Å². The van der Waals surface area contributed by atoms with Crippen molar-refractivity contribution in [3.8, 4) is 39.6 Å². The fraction of sp³-hybridized carbons (Fsp3) is 0.132. The third-order valence-corrected chi connectivity index (χ3v) is 9.17. The van der Waals surface area contributed by atoms with Crippen molar-refractivity contribution in [1.82, 2.24) is 9.55 Å². The first-order chi connectivity index (χ1) is 21.0. The maximum atomic E-state index is 5.46. The maximum absolute atomic E-state index is 5.46. The number of aromatic nitrogens is 2. The summed E-state index contributed by atoms with van der Waals surface area (Å²) in [6, 6.07) is 41.8. The lowest BCUT2D eigenvalue weighted by atomic mass is 10.00. The van der Waals surface area contributed by atoms with Crippen LogP contribution < -0.4 is 9.80 Å². The summed E-state index contributed by atoms with van der Waals surface area (Å²) in [6.07, 6.45) is 0. The van der Waals surface area contributed by atoms with Gasteiger partial charge in [0.15, 0.2) is 0 Å². The number of halogens is 1. The van der Waals surface area contributed by atoms with Gasteiger partial charge < -0.3 is 9.80 Å². The Labute approximate surface area is 261 Å². The van der Waals surface area contributed by atoms with E-state index in [0.29, 0.717) is 0 Å². The van der Waals surface area contributed by atoms with Gasteiger partial charge in [0.25, 0.3) is 0 Å². The minimum Gasteiger partial charge on any atom is -0.349 e. The van der Waals surface area contributed by atoms with Crippen LogP contribution in [0.4, 0.5) is 11.4 Å². The number of benzene rings is 5. The van der Waals surface area contributed by atoms with Gasteiger partial charge in [-0.2, -0.15) is 0 Å². The molecule has 8 rings (SSSR count). The fourth-order valence-electron chi connectivity index (χ4n) is 6.47. The normalized spacial score (nSPS) is 13.6. The molecular formula is C38H31BrN4. The summed E-state index contributed by atoms with van der Waals surface area (Å²) < 4.78 is 3.47. The topological polar surface area (TPSA) is 24.3 Å². The van der Waals surface area contributed by atoms with Crippen molar-refractivity contribution in [2.45, 2.75) is 26.9 Å². The largest absolute Gasteiger partial charge is 0.349 e. The van der Waals surface area contributed by atoms with E-state index in [1.807, 2.05) is 0 Å². The Morgan fingerprint density at radius 2 is 1.19 bits per heavy atom. The van der Waals surface area contributed by atoms with Gasteiger partial charge in [-0.1, -0.05) is 112 Å². The third-order valence-electron chi connectivity index (χ3n) is 8.68. The van der Waals surface area contributed by atoms with Gasteiger partial charge in [-0.25, -0.2) is 4.98 Å². The molecule has 210 valence electrons. The molecule has 5 heteroatoms. The van der Waals surface area contributed by atoms with Gasteiger partial charge in [-0.15, -0.1) is 0 Å². The summed E-state index contributed by atoms with van der Waals surface area (Å²) in [5.41, 5.74) is 14.4. The van der Waals surface area contributed by atoms with Crippen molar-refractivity contribution in [2.75, 3.05) is 16.5 Å². The first kappa shape index (κ1) is 26.1. The Balaban J connectivity index is 1.33. The molecule has 0 fully saturated rings. The quantitative estimate of drug-likeness (QED) is 0.196. The number of hydrogen-bond donors (Lipinski definition) is 0. The Morgan fingerprint density at radius 3 is 1.86 bits per heavy atom. The van der Waals surface area contributed by atoms with Gasteiger partial charge in [0.05, 0.1) is 18.1 Å². The molecule has 0 unspecified atom stereocenters. The molecule has 0 atom stereocenters. The van der Waals surface area contributed by atoms with Crippen molar-refractivity contribution >= 4 is 27.3 Å². The predicted molar refractivity (Wildman–Crippen MR) is 181 cm³/mol. The van der Waals surface area contributed by atoms with E-state index in [2.05, 4.69) is 159 Å². The number of fused-ring (bicyclic) bond motifs is 6. The van der Waals surface area contributed by atoms with Crippen LogP contribution in [0.25, 0.3) is 39.6 Å². The van der Waals surface area contributed by atoms with Gasteiger partial charge >= 0.3 is 0 Å². The highest BCUT2D eigenvalue weighted by Crippen LogP contribution is 2.43. The standard InChI is InChI=1S/C38H31BrN4/c1-25-8-12-27(13-9-25)36-37(28-14-10-26(2)11-15-28)43(33-6-4-3-5-7-33)38(40-36)29-16-17-30-22-42-24-41(34(30)20-29)23-31-18-19-32(39)21-35(31)42/h3-21H,22-24H2,1-2H3. The van der Waals surface area contributed by atoms with Crippen molar-refractivity contribution < 1.29 is 0 Å². The molecule has 43 heavy (non-hydrogen) atoms. The third kappa shape index (κ3) is 4.56. The van der Waals surface area contributed by atoms with Crippen molar-refractivity contribution in [2.24, 2.45) is 0 Å². The fourth-order valence-corrected chi connectivity index (χ4v) is 6.82. The highest BCUT2D eigenvalue weighted by atomic mass is 79.9. The second kappa shape index (κ2) is 10.3. The number of nitrogens with zero attached hydrogens (tertiary/aromatic N) is 4. The Hall–Kier alpha value is -4.61. The highest BCUT2D eigenvalue weighted by Gasteiger charge is 2.30. The zero-order chi connectivity index (χ0) is 29.1. The molecule has 0 saturated carbocycles. The number of para-hydroxylation sites is 1. The molecule has 2 aliphatic heterocycles. The molecular weight excluding hydrogens is 592 g/mol. The molecule has 3 heterocycles. The zero-order valence-corrected chi connectivity index (χ0v) is 25.8. The average molecular weight is 624 g/mol. The second-order valence-electron chi connectivity index (χ2n) is 11.7. The lowest BCUT2D eigenvalue weighted by Gasteiger charge is -2.45. The first-order valence-electron chi connectivity index (χ1n) is 14.8. The number of rotatable bonds is 4. The van der Waals surface area contributed by atoms with Crippen LogP contribution in [-0.4, -0.2) is 16.2 Å². The summed E-state index contributed by atoms with van der Waals surface area (Å²) in [6.45, 7) is 6.94. The van der Waals surface area contributed by atoms with Crippen molar-refractivity contribution in [1.29, 1.82) is 0 Å². The molecule has 4 nitrogen and oxygen atoms in total. The molecule has 0 N–H and O–H groups in total. The van der Waals surface area contributed by atoms with Crippen LogP contribution in [0.2, 0.25) is 0 Å². The molecule has 5 aromatic carbocycles. The van der Waals surface area contributed by atoms with E-state index in [0.717, 1.165) is 63.8 Å². The summed E-state index contributed by atoms with van der Waals surface area (Å²) in [7, 11) is 0. The molecule has 0 radical (unpaired) electrons. The second-order valence-corrected chi connectivity index (χ2v) is 12.6. The van der Waals surface area contributed by atoms with Gasteiger partial charge in [0.1, 0.15) is 5.82 Å². The minimum atomic E-state index is 0.885. The van der Waals surface area contributed by atoms with Gasteiger partial charge in [-0.05, 0) is 55.3 Å². The molecule has 2 bridgehead atoms. The van der Waals surface area contributed by atoms with Crippen LogP contribution in [0.3, 0.4) is 0 Å². The van der Waals surface area contributed by atoms with Crippen LogP contribution in [0, 0.1) is 13.8 Å². The van der Waals surface area contributed by atoms with E-state index in [1.165, 1.54) is 33.6 Å². The van der Waals surface area contributed by atoms with Crippen LogP contribution in [0.1, 0.15) is 22.3 Å². The average Bonchev–Trinajstić information content (AvgIpc) is 3.43. The Kier molecular flexibility index (Phi) is 6.23. The Morgan fingerprint density at radius 1 is 0.605 bits per heavy atom. The van der Waals surface area contributed by atoms with Crippen LogP contribution in [0.5, 0.6) is 0 Å². The molecule has 0 aliphatic carbocycles. The molecule has 0 amide bonds. The zero-order valence-electron chi connectivity index (χ0n) is 24.3. The lowest BCUT2D eigenvalue weighted by molar-refractivity contribution is 0.651. The smallest absolute Gasteiger partial charge is 0.145 e. The number of anilines is 2. The molecule has 0 saturated heterocycles. The van der Waals surface area contributed by atoms with Crippen LogP contribution in [-0.2, 0) is 13.1 Å². The number of hydrogen-bond acceptors (Lipinski definition) is 3. The highest BCUT2D eigenvalue weighted by molar-refractivity contribution is 9.10. The van der Waals surface area contributed by atoms with E-state index in [-0.39, 0.29) is 0 Å². The molecule has 6 aromatic rings. The summed E-state index contributed by atoms with van der Waals surface area (Å²) in [5, 5.41) is 0. The van der Waals surface area contributed by atoms with Crippen molar-refractivity contribution in [3.63, 3.8) is 0 Å². The summed E-state index contributed by atoms with van der Waals surface area (Å²) in [4.78, 5) is 10.4. The van der Waals surface area contributed by atoms with Crippen molar-refractivity contribution in [3.05, 3.63) is 142 Å². The van der Waals surface area contributed by atoms with E-state index >= 15 is 0 Å². The van der Waals surface area contributed by atoms with Crippen LogP contribution >= 0.6 is 15.9 Å². The van der Waals surface area contributed by atoms with Gasteiger partial charge in [-0.3, -0.25) is 4.57 Å². The maximum Gasteiger partial charge on any atom is 0.145 e. The predicted octanol–water partition coefficient (Wildman–Crippen LogP) is 9.55. The van der Waals surface area contributed by atoms with Gasteiger partial charge in [0.2, 0.25) is 0 Å². The van der Waals surface area contributed by atoms with E-state index in [4.69, 9.17) is 4.98 Å². The van der Waals surface area contributed by atoms with E-state index in [9.17, 15) is 0 Å². The first-order valence-corrected chi connectivity index (χ1v) is 15.5. The number of aryl methyl sites for hydroxylation is 2. The lowest BCUT2D eigenvalue weighted by Crippen LogP contribution is -2.46. The minimum absolute atomic E-state index is 0.885. The molecule has 2 aliphatic rings.